The summed E-state index contributed by atoms with van der Waals surface area (Å²) in [4.78, 5) is 52.5. The van der Waals surface area contributed by atoms with E-state index in [1.807, 2.05) is 6.07 Å². The minimum atomic E-state index is -0.880. The molecule has 1 atom stereocenters. The summed E-state index contributed by atoms with van der Waals surface area (Å²) in [5.74, 6) is 0.188. The first-order valence-electron chi connectivity index (χ1n) is 13.5. The number of ether oxygens (including phenoxy) is 1. The van der Waals surface area contributed by atoms with E-state index in [1.54, 1.807) is 42.5 Å². The van der Waals surface area contributed by atoms with Gasteiger partial charge in [0.1, 0.15) is 18.0 Å². The average Bonchev–Trinajstić information content (AvgIpc) is 2.97. The van der Waals surface area contributed by atoms with Crippen LogP contribution in [0, 0.1) is 22.0 Å². The third-order valence-corrected chi connectivity index (χ3v) is 7.24. The Hall–Kier alpha value is -4.64. The highest BCUT2D eigenvalue weighted by Gasteiger charge is 2.29. The van der Waals surface area contributed by atoms with Crippen LogP contribution in [-0.2, 0) is 16.0 Å². The van der Waals surface area contributed by atoms with Crippen LogP contribution in [0.15, 0.2) is 66.9 Å². The zero-order valence-corrected chi connectivity index (χ0v) is 22.7. The summed E-state index contributed by atoms with van der Waals surface area (Å²) in [7, 11) is 0. The Balaban J connectivity index is 1.49. The highest BCUT2D eigenvalue weighted by molar-refractivity contribution is 5.98. The highest BCUT2D eigenvalue weighted by atomic mass is 16.6. The maximum absolute atomic E-state index is 13.4. The van der Waals surface area contributed by atoms with Crippen molar-refractivity contribution in [1.82, 2.24) is 10.3 Å². The lowest BCUT2D eigenvalue weighted by Gasteiger charge is -2.28. The second-order valence-electron chi connectivity index (χ2n) is 10.2. The first-order valence-corrected chi connectivity index (χ1v) is 13.5. The predicted molar refractivity (Wildman–Crippen MR) is 153 cm³/mol. The van der Waals surface area contributed by atoms with E-state index in [1.165, 1.54) is 19.1 Å². The molecule has 11 nitrogen and oxygen atoms in total. The molecule has 3 aromatic rings. The number of pyridine rings is 1. The van der Waals surface area contributed by atoms with Crippen LogP contribution < -0.4 is 21.1 Å². The van der Waals surface area contributed by atoms with Gasteiger partial charge in [-0.2, -0.15) is 0 Å². The number of carbonyl (C=O) groups is 3. The fraction of sp³-hybridized carbons (Fsp3) is 0.333. The fourth-order valence-corrected chi connectivity index (χ4v) is 4.81. The van der Waals surface area contributed by atoms with Gasteiger partial charge in [0.05, 0.1) is 4.92 Å². The zero-order chi connectivity index (χ0) is 29.4. The summed E-state index contributed by atoms with van der Waals surface area (Å²) >= 11 is 0. The van der Waals surface area contributed by atoms with E-state index in [0.29, 0.717) is 29.5 Å². The molecule has 0 spiro atoms. The Morgan fingerprint density at radius 1 is 1.07 bits per heavy atom. The monoisotopic (exact) mass is 559 g/mol. The molecular weight excluding hydrogens is 526 g/mol. The number of Topliss-reactive ketones (excluding diaryl/α,β-unsaturated/α-hetero) is 1. The molecule has 0 saturated heterocycles. The Morgan fingerprint density at radius 2 is 1.80 bits per heavy atom. The van der Waals surface area contributed by atoms with Gasteiger partial charge in [-0.15, -0.1) is 0 Å². The number of ketones is 1. The molecule has 1 aromatic heterocycles. The number of aromatic nitrogens is 1. The molecule has 1 aliphatic rings. The van der Waals surface area contributed by atoms with E-state index in [0.717, 1.165) is 37.4 Å². The van der Waals surface area contributed by atoms with Gasteiger partial charge in [0.2, 0.25) is 17.7 Å². The van der Waals surface area contributed by atoms with Crippen molar-refractivity contribution in [2.45, 2.75) is 45.1 Å². The minimum absolute atomic E-state index is 0.0802. The molecule has 214 valence electrons. The quantitative estimate of drug-likeness (QED) is 0.176. The van der Waals surface area contributed by atoms with E-state index in [2.05, 4.69) is 15.6 Å². The van der Waals surface area contributed by atoms with Gasteiger partial charge in [0.15, 0.2) is 5.78 Å². The van der Waals surface area contributed by atoms with Crippen LogP contribution in [0.3, 0.4) is 0 Å². The van der Waals surface area contributed by atoms with Crippen molar-refractivity contribution in [2.24, 2.45) is 17.6 Å². The average molecular weight is 560 g/mol. The molecule has 1 saturated carbocycles. The molecule has 4 rings (SSSR count). The molecule has 1 fully saturated rings. The van der Waals surface area contributed by atoms with Gasteiger partial charge in [-0.3, -0.25) is 24.5 Å². The van der Waals surface area contributed by atoms with E-state index >= 15 is 0 Å². The first kappa shape index (κ1) is 29.3. The molecule has 2 amide bonds. The minimum Gasteiger partial charge on any atom is -0.439 e. The Morgan fingerprint density at radius 3 is 2.41 bits per heavy atom. The Labute approximate surface area is 237 Å². The Kier molecular flexibility index (Phi) is 9.75. The van der Waals surface area contributed by atoms with Crippen molar-refractivity contribution in [3.63, 3.8) is 0 Å². The molecule has 11 heteroatoms. The second kappa shape index (κ2) is 13.6. The summed E-state index contributed by atoms with van der Waals surface area (Å²) < 4.78 is 5.76. The molecular formula is C30H33N5O6. The topological polar surface area (TPSA) is 167 Å². The molecule has 4 N–H and O–H groups in total. The van der Waals surface area contributed by atoms with E-state index in [9.17, 15) is 24.5 Å². The number of benzene rings is 2. The maximum Gasteiger partial charge on any atom is 0.287 e. The normalized spacial score (nSPS) is 17.2. The maximum atomic E-state index is 13.4. The van der Waals surface area contributed by atoms with Crippen LogP contribution in [0.25, 0.3) is 0 Å². The van der Waals surface area contributed by atoms with Crippen LogP contribution in [0.1, 0.15) is 48.5 Å². The summed E-state index contributed by atoms with van der Waals surface area (Å²) in [6.07, 6.45) is 4.50. The van der Waals surface area contributed by atoms with Crippen LogP contribution in [0.4, 0.5) is 11.4 Å². The van der Waals surface area contributed by atoms with Crippen LogP contribution >= 0.6 is 0 Å². The lowest BCUT2D eigenvalue weighted by atomic mass is 9.81. The number of nitrogens with zero attached hydrogens (tertiary/aromatic N) is 2. The fourth-order valence-electron chi connectivity index (χ4n) is 4.81. The highest BCUT2D eigenvalue weighted by Crippen LogP contribution is 2.29. The lowest BCUT2D eigenvalue weighted by molar-refractivity contribution is -0.385. The first-order chi connectivity index (χ1) is 19.7. The van der Waals surface area contributed by atoms with Gasteiger partial charge in [0, 0.05) is 35.7 Å². The van der Waals surface area contributed by atoms with Crippen molar-refractivity contribution in [3.05, 3.63) is 88.1 Å². The third-order valence-electron chi connectivity index (χ3n) is 7.24. The Bertz CT molecular complexity index is 1390. The van der Waals surface area contributed by atoms with Gasteiger partial charge in [0.25, 0.3) is 5.69 Å². The lowest BCUT2D eigenvalue weighted by Crippen LogP contribution is -2.48. The van der Waals surface area contributed by atoms with Crippen molar-refractivity contribution in [3.8, 4) is 11.6 Å². The molecule has 1 unspecified atom stereocenters. The summed E-state index contributed by atoms with van der Waals surface area (Å²) in [6.45, 7) is 2.07. The third kappa shape index (κ3) is 8.18. The molecule has 0 aliphatic heterocycles. The van der Waals surface area contributed by atoms with E-state index < -0.39 is 16.9 Å². The number of nitrogens with two attached hydrogens (primary N) is 1. The molecule has 41 heavy (non-hydrogen) atoms. The molecule has 1 heterocycles. The molecule has 2 aromatic carbocycles. The summed E-state index contributed by atoms with van der Waals surface area (Å²) in [6, 6.07) is 15.4. The number of amides is 2. The largest absolute Gasteiger partial charge is 0.439 e. The number of rotatable bonds is 11. The van der Waals surface area contributed by atoms with Crippen LogP contribution in [0.2, 0.25) is 0 Å². The number of nitro groups is 1. The number of nitrogens with one attached hydrogen (secondary N) is 2. The summed E-state index contributed by atoms with van der Waals surface area (Å²) in [5, 5.41) is 16.7. The van der Waals surface area contributed by atoms with Gasteiger partial charge in [-0.25, -0.2) is 4.98 Å². The smallest absolute Gasteiger partial charge is 0.287 e. The van der Waals surface area contributed by atoms with E-state index in [4.69, 9.17) is 10.5 Å². The van der Waals surface area contributed by atoms with E-state index in [-0.39, 0.29) is 35.6 Å². The SMILES string of the molecule is CC(=O)c1ccc(NC(=O)C(Cc2cccc(Oc3ccc([N+](=O)[O-])cn3)c2)NC(=O)C2CCC(CN)CC2)cc1. The molecule has 1 aliphatic carbocycles. The van der Waals surface area contributed by atoms with Crippen LogP contribution in [0.5, 0.6) is 11.6 Å². The number of carbonyl (C=O) groups excluding carboxylic acids is 3. The van der Waals surface area contributed by atoms with Gasteiger partial charge in [-0.1, -0.05) is 12.1 Å². The van der Waals surface area contributed by atoms with Crippen molar-refractivity contribution in [2.75, 3.05) is 11.9 Å². The van der Waals surface area contributed by atoms with Gasteiger partial charge >= 0.3 is 0 Å². The standard InChI is InChI=1S/C30H33N5O6/c1-19(36)22-9-11-24(12-10-22)33-30(38)27(34-29(37)23-7-5-20(17-31)6-8-23)16-21-3-2-4-26(15-21)41-28-14-13-25(18-32-28)35(39)40/h2-4,9-15,18,20,23,27H,5-8,16-17,31H2,1H3,(H,33,38)(H,34,37). The number of hydrogen-bond donors (Lipinski definition) is 3. The molecule has 0 bridgehead atoms. The van der Waals surface area contributed by atoms with Crippen molar-refractivity contribution >= 4 is 29.0 Å². The van der Waals surface area contributed by atoms with Gasteiger partial charge < -0.3 is 21.1 Å². The van der Waals surface area contributed by atoms with Crippen LogP contribution in [-0.4, -0.2) is 40.1 Å². The zero-order valence-electron chi connectivity index (χ0n) is 22.7. The predicted octanol–water partition coefficient (Wildman–Crippen LogP) is 4.42. The second-order valence-corrected chi connectivity index (χ2v) is 10.2. The van der Waals surface area contributed by atoms with Crippen molar-refractivity contribution in [1.29, 1.82) is 0 Å². The molecule has 0 radical (unpaired) electrons. The van der Waals surface area contributed by atoms with Gasteiger partial charge in [-0.05, 0) is 87.0 Å². The number of hydrogen-bond acceptors (Lipinski definition) is 8. The number of anilines is 1. The summed E-state index contributed by atoms with van der Waals surface area (Å²) in [5.41, 5.74) is 7.40. The van der Waals surface area contributed by atoms with Crippen molar-refractivity contribution < 1.29 is 24.0 Å².